The highest BCUT2D eigenvalue weighted by atomic mass is 79.9. The Labute approximate surface area is 91.9 Å². The summed E-state index contributed by atoms with van der Waals surface area (Å²) in [7, 11) is 0. The minimum absolute atomic E-state index is 0.404. The predicted molar refractivity (Wildman–Crippen MR) is 58.6 cm³/mol. The van der Waals surface area contributed by atoms with Crippen LogP contribution in [0.2, 0.25) is 0 Å². The average molecular weight is 251 g/mol. The molecule has 1 aromatic rings. The van der Waals surface area contributed by atoms with Crippen molar-refractivity contribution in [3.8, 4) is 6.07 Å². The van der Waals surface area contributed by atoms with Gasteiger partial charge < -0.3 is 5.73 Å². The number of aryl methyl sites for hydroxylation is 1. The van der Waals surface area contributed by atoms with E-state index in [9.17, 15) is 0 Å². The molecule has 14 heavy (non-hydrogen) atoms. The Morgan fingerprint density at radius 2 is 2.36 bits per heavy atom. The maximum atomic E-state index is 8.73. The van der Waals surface area contributed by atoms with Crippen LogP contribution in [-0.2, 0) is 12.0 Å². The molecule has 0 heterocycles. The van der Waals surface area contributed by atoms with Gasteiger partial charge in [0.1, 0.15) is 0 Å². The van der Waals surface area contributed by atoms with Crippen molar-refractivity contribution in [2.24, 2.45) is 5.73 Å². The minimum Gasteiger partial charge on any atom is -0.321 e. The molecule has 0 saturated carbocycles. The van der Waals surface area contributed by atoms with Crippen molar-refractivity contribution in [1.29, 1.82) is 5.26 Å². The first-order valence-corrected chi connectivity index (χ1v) is 5.40. The molecule has 1 atom stereocenters. The molecule has 2 N–H and O–H groups in total. The Hall–Kier alpha value is -0.850. The van der Waals surface area contributed by atoms with E-state index in [4.69, 9.17) is 11.0 Å². The van der Waals surface area contributed by atoms with Crippen LogP contribution in [0, 0.1) is 11.3 Å². The van der Waals surface area contributed by atoms with E-state index >= 15 is 0 Å². The lowest BCUT2D eigenvalue weighted by Gasteiger charge is -2.21. The molecule has 0 radical (unpaired) electrons. The number of nitriles is 1. The summed E-state index contributed by atoms with van der Waals surface area (Å²) in [6.45, 7) is 0. The summed E-state index contributed by atoms with van der Waals surface area (Å²) in [4.78, 5) is 0. The molecule has 2 rings (SSSR count). The zero-order chi connectivity index (χ0) is 10.2. The van der Waals surface area contributed by atoms with Gasteiger partial charge in [-0.1, -0.05) is 22.0 Å². The average Bonchev–Trinajstić information content (AvgIpc) is 2.44. The first-order valence-electron chi connectivity index (χ1n) is 4.60. The molecule has 0 bridgehead atoms. The monoisotopic (exact) mass is 250 g/mol. The Kier molecular flexibility index (Phi) is 2.34. The quantitative estimate of drug-likeness (QED) is 0.833. The Bertz CT molecular complexity index is 408. The molecule has 1 unspecified atom stereocenters. The summed E-state index contributed by atoms with van der Waals surface area (Å²) >= 11 is 3.44. The van der Waals surface area contributed by atoms with Crippen molar-refractivity contribution in [3.05, 3.63) is 33.8 Å². The van der Waals surface area contributed by atoms with Crippen molar-refractivity contribution in [1.82, 2.24) is 0 Å². The molecule has 1 aliphatic carbocycles. The van der Waals surface area contributed by atoms with Gasteiger partial charge in [-0.2, -0.15) is 5.26 Å². The lowest BCUT2D eigenvalue weighted by Crippen LogP contribution is -2.33. The second-order valence-electron chi connectivity index (χ2n) is 3.79. The molecule has 1 aliphatic rings. The summed E-state index contributed by atoms with van der Waals surface area (Å²) < 4.78 is 1.08. The second-order valence-corrected chi connectivity index (χ2v) is 4.71. The van der Waals surface area contributed by atoms with Crippen molar-refractivity contribution < 1.29 is 0 Å². The van der Waals surface area contributed by atoms with E-state index in [1.807, 2.05) is 12.1 Å². The Morgan fingerprint density at radius 3 is 3.07 bits per heavy atom. The molecule has 2 nitrogen and oxygen atoms in total. The van der Waals surface area contributed by atoms with Gasteiger partial charge in [-0.3, -0.25) is 0 Å². The largest absolute Gasteiger partial charge is 0.321 e. The topological polar surface area (TPSA) is 49.8 Å². The third-order valence-corrected chi connectivity index (χ3v) is 3.33. The highest BCUT2D eigenvalue weighted by Gasteiger charge is 2.34. The van der Waals surface area contributed by atoms with Gasteiger partial charge in [0.05, 0.1) is 18.0 Å². The van der Waals surface area contributed by atoms with Gasteiger partial charge in [-0.15, -0.1) is 0 Å². The van der Waals surface area contributed by atoms with Crippen LogP contribution in [0.4, 0.5) is 0 Å². The van der Waals surface area contributed by atoms with Crippen molar-refractivity contribution >= 4 is 15.9 Å². The first-order chi connectivity index (χ1) is 6.65. The third kappa shape index (κ3) is 1.45. The van der Waals surface area contributed by atoms with Gasteiger partial charge >= 0.3 is 0 Å². The number of nitrogens with two attached hydrogens (primary N) is 1. The van der Waals surface area contributed by atoms with E-state index in [1.54, 1.807) is 0 Å². The highest BCUT2D eigenvalue weighted by Crippen LogP contribution is 2.38. The lowest BCUT2D eigenvalue weighted by molar-refractivity contribution is 0.452. The molecule has 0 aromatic heterocycles. The predicted octanol–water partition coefficient (Wildman–Crippen LogP) is 2.46. The normalized spacial score (nSPS) is 24.4. The van der Waals surface area contributed by atoms with Gasteiger partial charge in [-0.25, -0.2) is 0 Å². The number of fused-ring (bicyclic) bond motifs is 1. The number of hydrogen-bond acceptors (Lipinski definition) is 2. The van der Waals surface area contributed by atoms with Gasteiger partial charge in [0.25, 0.3) is 0 Å². The number of nitrogens with zero attached hydrogens (tertiary/aromatic N) is 1. The minimum atomic E-state index is -0.412. The molecule has 0 amide bonds. The molecular weight excluding hydrogens is 240 g/mol. The number of halogens is 1. The summed E-state index contributed by atoms with van der Waals surface area (Å²) in [5.74, 6) is 0. The van der Waals surface area contributed by atoms with Gasteiger partial charge in [0.15, 0.2) is 0 Å². The van der Waals surface area contributed by atoms with Gasteiger partial charge in [0.2, 0.25) is 0 Å². The summed E-state index contributed by atoms with van der Waals surface area (Å²) in [5.41, 5.74) is 8.20. The summed E-state index contributed by atoms with van der Waals surface area (Å²) in [5, 5.41) is 8.73. The van der Waals surface area contributed by atoms with E-state index in [2.05, 4.69) is 28.1 Å². The Balaban J connectivity index is 2.45. The second kappa shape index (κ2) is 3.38. The van der Waals surface area contributed by atoms with Gasteiger partial charge in [-0.05, 0) is 36.1 Å². The fourth-order valence-electron chi connectivity index (χ4n) is 2.07. The molecule has 0 fully saturated rings. The standard InChI is InChI=1S/C11H11BrN2/c12-9-1-2-10-8(7-9)3-4-11(10,14)5-6-13/h1-2,7H,3-5,14H2. The van der Waals surface area contributed by atoms with Crippen LogP contribution < -0.4 is 5.73 Å². The molecule has 0 spiro atoms. The molecular formula is C11H11BrN2. The third-order valence-electron chi connectivity index (χ3n) is 2.84. The van der Waals surface area contributed by atoms with Crippen LogP contribution >= 0.6 is 15.9 Å². The Morgan fingerprint density at radius 1 is 1.57 bits per heavy atom. The molecule has 1 aromatic carbocycles. The SMILES string of the molecule is N#CCC1(N)CCc2cc(Br)ccc21. The smallest absolute Gasteiger partial charge is 0.0644 e. The van der Waals surface area contributed by atoms with Crippen molar-refractivity contribution in [2.75, 3.05) is 0 Å². The first kappa shape index (κ1) is 9.70. The fourth-order valence-corrected chi connectivity index (χ4v) is 2.48. The van der Waals surface area contributed by atoms with E-state index in [0.717, 1.165) is 22.9 Å². The van der Waals surface area contributed by atoms with E-state index < -0.39 is 5.54 Å². The van der Waals surface area contributed by atoms with Gasteiger partial charge in [0, 0.05) is 4.47 Å². The van der Waals surface area contributed by atoms with Crippen molar-refractivity contribution in [2.45, 2.75) is 24.8 Å². The number of benzene rings is 1. The lowest BCUT2D eigenvalue weighted by atomic mass is 9.90. The van der Waals surface area contributed by atoms with E-state index in [-0.39, 0.29) is 0 Å². The van der Waals surface area contributed by atoms with E-state index in [0.29, 0.717) is 6.42 Å². The number of hydrogen-bond donors (Lipinski definition) is 1. The maximum absolute atomic E-state index is 8.73. The van der Waals surface area contributed by atoms with E-state index in [1.165, 1.54) is 5.56 Å². The van der Waals surface area contributed by atoms with Crippen molar-refractivity contribution in [3.63, 3.8) is 0 Å². The fraction of sp³-hybridized carbons (Fsp3) is 0.364. The molecule has 0 saturated heterocycles. The number of rotatable bonds is 1. The summed E-state index contributed by atoms with van der Waals surface area (Å²) in [6, 6.07) is 8.29. The molecule has 72 valence electrons. The maximum Gasteiger partial charge on any atom is 0.0644 e. The van der Waals surface area contributed by atoms with Crippen LogP contribution in [0.5, 0.6) is 0 Å². The van der Waals surface area contributed by atoms with Crippen LogP contribution in [0.3, 0.4) is 0 Å². The molecule has 0 aliphatic heterocycles. The zero-order valence-electron chi connectivity index (χ0n) is 7.76. The zero-order valence-corrected chi connectivity index (χ0v) is 9.34. The van der Waals surface area contributed by atoms with Crippen LogP contribution in [0.15, 0.2) is 22.7 Å². The molecule has 3 heteroatoms. The van der Waals surface area contributed by atoms with Crippen LogP contribution in [0.1, 0.15) is 24.0 Å². The van der Waals surface area contributed by atoms with Crippen LogP contribution in [-0.4, -0.2) is 0 Å². The summed E-state index contributed by atoms with van der Waals surface area (Å²) in [6.07, 6.45) is 2.26. The highest BCUT2D eigenvalue weighted by molar-refractivity contribution is 9.10. The van der Waals surface area contributed by atoms with Crippen LogP contribution in [0.25, 0.3) is 0 Å².